The molecule has 1 N–H and O–H groups in total. The van der Waals surface area contributed by atoms with Crippen LogP contribution < -0.4 is 10.9 Å². The molecule has 1 heterocycles. The monoisotopic (exact) mass is 263 g/mol. The first-order chi connectivity index (χ1) is 9.11. The Morgan fingerprint density at radius 1 is 1.37 bits per heavy atom. The van der Waals surface area contributed by atoms with Gasteiger partial charge in [-0.3, -0.25) is 4.79 Å². The number of fused-ring (bicyclic) bond motifs is 1. The molecule has 1 aromatic heterocycles. The minimum absolute atomic E-state index is 0.0554. The number of carbonyl (C=O) groups is 1. The molecule has 4 nitrogen and oxygen atoms in total. The van der Waals surface area contributed by atoms with E-state index in [-0.39, 0.29) is 11.1 Å². The molecule has 0 aliphatic carbocycles. The molecule has 0 atom stereocenters. The number of amides is 1. The molecule has 0 unspecified atom stereocenters. The van der Waals surface area contributed by atoms with Crippen molar-refractivity contribution in [2.24, 2.45) is 0 Å². The number of hydrogen-bond acceptors (Lipinski definition) is 3. The second-order valence-corrected chi connectivity index (χ2v) is 4.24. The highest BCUT2D eigenvalue weighted by atomic mass is 19.1. The van der Waals surface area contributed by atoms with Crippen LogP contribution in [0.3, 0.4) is 0 Å². The van der Waals surface area contributed by atoms with Crippen LogP contribution in [0.5, 0.6) is 0 Å². The number of unbranched alkanes of at least 4 members (excludes halogenated alkanes) is 1. The van der Waals surface area contributed by atoms with Crippen LogP contribution in [-0.4, -0.2) is 12.5 Å². The van der Waals surface area contributed by atoms with E-state index in [0.717, 1.165) is 18.9 Å². The Labute approximate surface area is 109 Å². The summed E-state index contributed by atoms with van der Waals surface area (Å²) in [5, 5.41) is 3.27. The van der Waals surface area contributed by atoms with Crippen molar-refractivity contribution in [3.63, 3.8) is 0 Å². The van der Waals surface area contributed by atoms with Gasteiger partial charge in [-0.1, -0.05) is 19.4 Å². The Morgan fingerprint density at radius 3 is 2.89 bits per heavy atom. The van der Waals surface area contributed by atoms with E-state index < -0.39 is 17.3 Å². The van der Waals surface area contributed by atoms with Gasteiger partial charge in [0.2, 0.25) is 0 Å². The second kappa shape index (κ2) is 5.65. The SMILES string of the molecule is CCCCNC(=O)c1cc2ccc(F)cc2c(=O)o1. The smallest absolute Gasteiger partial charge is 0.344 e. The zero-order valence-electron chi connectivity index (χ0n) is 10.5. The molecule has 100 valence electrons. The average molecular weight is 263 g/mol. The largest absolute Gasteiger partial charge is 0.417 e. The molecule has 0 bridgehead atoms. The highest BCUT2D eigenvalue weighted by Crippen LogP contribution is 2.13. The average Bonchev–Trinajstić information content (AvgIpc) is 2.39. The van der Waals surface area contributed by atoms with Crippen molar-refractivity contribution in [1.82, 2.24) is 5.32 Å². The molecule has 1 aromatic carbocycles. The van der Waals surface area contributed by atoms with Gasteiger partial charge in [0.1, 0.15) is 5.82 Å². The van der Waals surface area contributed by atoms with E-state index >= 15 is 0 Å². The fraction of sp³-hybridized carbons (Fsp3) is 0.286. The molecule has 0 spiro atoms. The number of hydrogen-bond donors (Lipinski definition) is 1. The van der Waals surface area contributed by atoms with Crippen LogP contribution >= 0.6 is 0 Å². The second-order valence-electron chi connectivity index (χ2n) is 4.24. The summed E-state index contributed by atoms with van der Waals surface area (Å²) in [4.78, 5) is 23.4. The third kappa shape index (κ3) is 2.99. The Hall–Kier alpha value is -2.17. The minimum atomic E-state index is -0.711. The van der Waals surface area contributed by atoms with E-state index in [4.69, 9.17) is 4.42 Å². The minimum Gasteiger partial charge on any atom is -0.417 e. The predicted molar refractivity (Wildman–Crippen MR) is 69.7 cm³/mol. The first kappa shape index (κ1) is 13.3. The van der Waals surface area contributed by atoms with Crippen LogP contribution in [0.25, 0.3) is 10.8 Å². The van der Waals surface area contributed by atoms with Crippen molar-refractivity contribution in [3.05, 3.63) is 46.3 Å². The Kier molecular flexibility index (Phi) is 3.94. The summed E-state index contributed by atoms with van der Waals surface area (Å²) in [7, 11) is 0. The summed E-state index contributed by atoms with van der Waals surface area (Å²) in [5.41, 5.74) is -0.711. The molecule has 5 heteroatoms. The fourth-order valence-electron chi connectivity index (χ4n) is 1.73. The zero-order valence-corrected chi connectivity index (χ0v) is 10.5. The lowest BCUT2D eigenvalue weighted by molar-refractivity contribution is 0.0921. The highest BCUT2D eigenvalue weighted by Gasteiger charge is 2.11. The number of halogens is 1. The normalized spacial score (nSPS) is 10.6. The summed E-state index contributed by atoms with van der Waals surface area (Å²) in [6, 6.07) is 5.22. The first-order valence-corrected chi connectivity index (χ1v) is 6.13. The van der Waals surface area contributed by atoms with E-state index in [0.29, 0.717) is 11.9 Å². The topological polar surface area (TPSA) is 59.3 Å². The maximum atomic E-state index is 13.0. The van der Waals surface area contributed by atoms with Crippen LogP contribution in [0.4, 0.5) is 4.39 Å². The zero-order chi connectivity index (χ0) is 13.8. The molecular formula is C14H14FNO3. The van der Waals surface area contributed by atoms with Crippen molar-refractivity contribution < 1.29 is 13.6 Å². The quantitative estimate of drug-likeness (QED) is 0.862. The summed E-state index contributed by atoms with van der Waals surface area (Å²) in [6.45, 7) is 2.54. The van der Waals surface area contributed by atoms with Gasteiger partial charge in [-0.2, -0.15) is 0 Å². The number of carbonyl (C=O) groups excluding carboxylic acids is 1. The first-order valence-electron chi connectivity index (χ1n) is 6.13. The summed E-state index contributed by atoms with van der Waals surface area (Å²) in [6.07, 6.45) is 1.82. The van der Waals surface area contributed by atoms with Crippen LogP contribution in [0.15, 0.2) is 33.5 Å². The van der Waals surface area contributed by atoms with Gasteiger partial charge in [0.15, 0.2) is 5.76 Å². The van der Waals surface area contributed by atoms with Crippen molar-refractivity contribution in [1.29, 1.82) is 0 Å². The van der Waals surface area contributed by atoms with Crippen LogP contribution in [0, 0.1) is 5.82 Å². The molecule has 1 amide bonds. The van der Waals surface area contributed by atoms with Crippen LogP contribution in [0.1, 0.15) is 30.3 Å². The van der Waals surface area contributed by atoms with Crippen molar-refractivity contribution in [2.75, 3.05) is 6.54 Å². The molecular weight excluding hydrogens is 249 g/mol. The van der Waals surface area contributed by atoms with Gasteiger partial charge >= 0.3 is 5.63 Å². The van der Waals surface area contributed by atoms with Gasteiger partial charge in [-0.05, 0) is 30.0 Å². The standard InChI is InChI=1S/C14H14FNO3/c1-2-3-6-16-13(17)12-7-9-4-5-10(15)8-11(9)14(18)19-12/h4-5,7-8H,2-3,6H2,1H3,(H,16,17). The van der Waals surface area contributed by atoms with Crippen molar-refractivity contribution in [3.8, 4) is 0 Å². The maximum Gasteiger partial charge on any atom is 0.344 e. The fourth-order valence-corrected chi connectivity index (χ4v) is 1.73. The summed E-state index contributed by atoms with van der Waals surface area (Å²) in [5.74, 6) is -1.00. The Bertz CT molecular complexity index is 663. The highest BCUT2D eigenvalue weighted by molar-refractivity contribution is 5.95. The molecule has 0 aliphatic rings. The van der Waals surface area contributed by atoms with Gasteiger partial charge < -0.3 is 9.73 Å². The Balaban J connectivity index is 2.33. The molecule has 0 saturated carbocycles. The molecule has 0 aliphatic heterocycles. The molecule has 0 fully saturated rings. The maximum absolute atomic E-state index is 13.0. The van der Waals surface area contributed by atoms with E-state index in [1.807, 2.05) is 6.92 Å². The number of benzene rings is 1. The third-order valence-electron chi connectivity index (χ3n) is 2.76. The van der Waals surface area contributed by atoms with Gasteiger partial charge in [-0.15, -0.1) is 0 Å². The van der Waals surface area contributed by atoms with E-state index in [2.05, 4.69) is 5.32 Å². The molecule has 0 radical (unpaired) electrons. The van der Waals surface area contributed by atoms with E-state index in [1.165, 1.54) is 18.2 Å². The van der Waals surface area contributed by atoms with E-state index in [9.17, 15) is 14.0 Å². The number of rotatable bonds is 4. The molecule has 2 aromatic rings. The van der Waals surface area contributed by atoms with Gasteiger partial charge in [0.05, 0.1) is 5.39 Å². The number of nitrogens with one attached hydrogen (secondary N) is 1. The Morgan fingerprint density at radius 2 is 2.16 bits per heavy atom. The predicted octanol–water partition coefficient (Wildman–Crippen LogP) is 2.46. The summed E-state index contributed by atoms with van der Waals surface area (Å²) < 4.78 is 17.9. The van der Waals surface area contributed by atoms with Gasteiger partial charge in [0.25, 0.3) is 5.91 Å². The summed E-state index contributed by atoms with van der Waals surface area (Å²) >= 11 is 0. The van der Waals surface area contributed by atoms with Crippen LogP contribution in [0.2, 0.25) is 0 Å². The van der Waals surface area contributed by atoms with Gasteiger partial charge in [0, 0.05) is 6.54 Å². The third-order valence-corrected chi connectivity index (χ3v) is 2.76. The van der Waals surface area contributed by atoms with Crippen LogP contribution in [-0.2, 0) is 0 Å². The van der Waals surface area contributed by atoms with Crippen molar-refractivity contribution >= 4 is 16.7 Å². The molecule has 19 heavy (non-hydrogen) atoms. The lowest BCUT2D eigenvalue weighted by Gasteiger charge is -2.04. The lowest BCUT2D eigenvalue weighted by Crippen LogP contribution is -2.25. The van der Waals surface area contributed by atoms with Crippen molar-refractivity contribution in [2.45, 2.75) is 19.8 Å². The molecule has 2 rings (SSSR count). The van der Waals surface area contributed by atoms with Gasteiger partial charge in [-0.25, -0.2) is 9.18 Å². The molecule has 0 saturated heterocycles. The van der Waals surface area contributed by atoms with E-state index in [1.54, 1.807) is 0 Å². The lowest BCUT2D eigenvalue weighted by atomic mass is 10.1.